The second-order valence-electron chi connectivity index (χ2n) is 6.18. The molecule has 0 heterocycles. The summed E-state index contributed by atoms with van der Waals surface area (Å²) in [4.78, 5) is 12.0. The molecule has 0 radical (unpaired) electrons. The number of benzene rings is 2. The summed E-state index contributed by atoms with van der Waals surface area (Å²) in [5, 5.41) is 0. The van der Waals surface area contributed by atoms with Crippen molar-refractivity contribution < 1.29 is 14.3 Å². The quantitative estimate of drug-likeness (QED) is 0.710. The molecule has 0 bridgehead atoms. The van der Waals surface area contributed by atoms with Gasteiger partial charge in [-0.3, -0.25) is 0 Å². The molecule has 0 N–H and O–H groups in total. The fourth-order valence-electron chi connectivity index (χ4n) is 2.00. The van der Waals surface area contributed by atoms with Gasteiger partial charge in [0, 0.05) is 0 Å². The van der Waals surface area contributed by atoms with Crippen LogP contribution in [0.15, 0.2) is 66.7 Å². The van der Waals surface area contributed by atoms with Gasteiger partial charge in [0.05, 0.1) is 0 Å². The van der Waals surface area contributed by atoms with Crippen LogP contribution < -0.4 is 0 Å². The van der Waals surface area contributed by atoms with E-state index in [0.717, 1.165) is 11.1 Å². The summed E-state index contributed by atoms with van der Waals surface area (Å²) >= 11 is 0. The Morgan fingerprint density at radius 2 is 1.52 bits per heavy atom. The van der Waals surface area contributed by atoms with Crippen LogP contribution in [0, 0.1) is 0 Å². The van der Waals surface area contributed by atoms with Gasteiger partial charge in [-0.1, -0.05) is 66.7 Å². The van der Waals surface area contributed by atoms with Crippen molar-refractivity contribution >= 4 is 12.2 Å². The van der Waals surface area contributed by atoms with Crippen molar-refractivity contribution in [3.63, 3.8) is 0 Å². The molecular formula is C20H22O3. The van der Waals surface area contributed by atoms with Crippen molar-refractivity contribution in [1.29, 1.82) is 0 Å². The molecule has 0 aliphatic heterocycles. The molecule has 23 heavy (non-hydrogen) atoms. The van der Waals surface area contributed by atoms with Crippen molar-refractivity contribution in [3.05, 3.63) is 77.9 Å². The van der Waals surface area contributed by atoms with Gasteiger partial charge in [0.1, 0.15) is 11.7 Å². The third-order valence-corrected chi connectivity index (χ3v) is 3.00. The molecule has 0 fully saturated rings. The molecule has 0 amide bonds. The second kappa shape index (κ2) is 7.63. The predicted molar refractivity (Wildman–Crippen MR) is 92.0 cm³/mol. The standard InChI is InChI=1S/C20H22O3/c1-20(2,3)23-19(21)22-18(17-12-8-5-9-13-17)15-14-16-10-6-4-7-11-16/h4-15,18H,1-3H3/b15-14+/t18-/m0/s1. The predicted octanol–water partition coefficient (Wildman–Crippen LogP) is 5.39. The number of hydrogen-bond acceptors (Lipinski definition) is 3. The van der Waals surface area contributed by atoms with Crippen LogP contribution in [0.3, 0.4) is 0 Å². The lowest BCUT2D eigenvalue weighted by atomic mass is 10.1. The third kappa shape index (κ3) is 5.99. The highest BCUT2D eigenvalue weighted by molar-refractivity contribution is 5.62. The summed E-state index contributed by atoms with van der Waals surface area (Å²) < 4.78 is 10.7. The molecule has 0 aliphatic carbocycles. The molecule has 0 saturated heterocycles. The monoisotopic (exact) mass is 310 g/mol. The minimum Gasteiger partial charge on any atom is -0.429 e. The normalized spacial score (nSPS) is 12.8. The average Bonchev–Trinajstić information content (AvgIpc) is 2.51. The fourth-order valence-corrected chi connectivity index (χ4v) is 2.00. The van der Waals surface area contributed by atoms with Crippen molar-refractivity contribution in [2.75, 3.05) is 0 Å². The summed E-state index contributed by atoms with van der Waals surface area (Å²) in [6, 6.07) is 19.5. The summed E-state index contributed by atoms with van der Waals surface area (Å²) in [5.41, 5.74) is 1.35. The third-order valence-electron chi connectivity index (χ3n) is 3.00. The van der Waals surface area contributed by atoms with E-state index in [9.17, 15) is 4.79 Å². The summed E-state index contributed by atoms with van der Waals surface area (Å²) in [6.45, 7) is 5.43. The SMILES string of the molecule is CC(C)(C)OC(=O)O[C@@H](/C=C/c1ccccc1)c1ccccc1. The minimum absolute atomic E-state index is 0.494. The van der Waals surface area contributed by atoms with Gasteiger partial charge in [0.2, 0.25) is 0 Å². The van der Waals surface area contributed by atoms with Crippen molar-refractivity contribution in [2.24, 2.45) is 0 Å². The van der Waals surface area contributed by atoms with E-state index in [1.165, 1.54) is 0 Å². The summed E-state index contributed by atoms with van der Waals surface area (Å²) in [7, 11) is 0. The molecule has 0 saturated carbocycles. The highest BCUT2D eigenvalue weighted by Gasteiger charge is 2.21. The zero-order valence-corrected chi connectivity index (χ0v) is 13.7. The molecule has 2 rings (SSSR count). The summed E-state index contributed by atoms with van der Waals surface area (Å²) in [5.74, 6) is 0. The molecule has 120 valence electrons. The van der Waals surface area contributed by atoms with Gasteiger partial charge in [-0.25, -0.2) is 4.79 Å². The Hall–Kier alpha value is -2.55. The van der Waals surface area contributed by atoms with Gasteiger partial charge < -0.3 is 9.47 Å². The maximum atomic E-state index is 12.0. The lowest BCUT2D eigenvalue weighted by Gasteiger charge is -2.21. The van der Waals surface area contributed by atoms with E-state index in [0.29, 0.717) is 0 Å². The molecule has 2 aromatic carbocycles. The zero-order valence-electron chi connectivity index (χ0n) is 13.7. The van der Waals surface area contributed by atoms with Crippen LogP contribution in [0.1, 0.15) is 38.0 Å². The first-order valence-electron chi connectivity index (χ1n) is 7.62. The number of hydrogen-bond donors (Lipinski definition) is 0. The van der Waals surface area contributed by atoms with Crippen LogP contribution in [0.25, 0.3) is 6.08 Å². The number of carbonyl (C=O) groups is 1. The summed E-state index contributed by atoms with van der Waals surface area (Å²) in [6.07, 6.45) is 2.62. The first-order chi connectivity index (χ1) is 10.9. The highest BCUT2D eigenvalue weighted by Crippen LogP contribution is 2.22. The Bertz CT molecular complexity index is 640. The van der Waals surface area contributed by atoms with Crippen molar-refractivity contribution in [2.45, 2.75) is 32.5 Å². The van der Waals surface area contributed by atoms with E-state index in [2.05, 4.69) is 0 Å². The van der Waals surface area contributed by atoms with Crippen LogP contribution in [-0.4, -0.2) is 11.8 Å². The Balaban J connectivity index is 2.16. The molecule has 0 aromatic heterocycles. The maximum absolute atomic E-state index is 12.0. The topological polar surface area (TPSA) is 35.5 Å². The van der Waals surface area contributed by atoms with Crippen LogP contribution in [0.2, 0.25) is 0 Å². The Labute approximate surface area is 137 Å². The molecular weight excluding hydrogens is 288 g/mol. The van der Waals surface area contributed by atoms with Crippen LogP contribution in [0.5, 0.6) is 0 Å². The molecule has 3 nitrogen and oxygen atoms in total. The largest absolute Gasteiger partial charge is 0.509 e. The molecule has 0 spiro atoms. The van der Waals surface area contributed by atoms with E-state index >= 15 is 0 Å². The van der Waals surface area contributed by atoms with Crippen LogP contribution >= 0.6 is 0 Å². The van der Waals surface area contributed by atoms with E-state index in [4.69, 9.17) is 9.47 Å². The Kier molecular flexibility index (Phi) is 5.58. The number of rotatable bonds is 4. The number of carbonyl (C=O) groups excluding carboxylic acids is 1. The minimum atomic E-state index is -0.677. The van der Waals surface area contributed by atoms with Crippen LogP contribution in [0.4, 0.5) is 4.79 Å². The molecule has 1 atom stereocenters. The molecule has 3 heteroatoms. The lowest BCUT2D eigenvalue weighted by molar-refractivity contribution is -0.0187. The van der Waals surface area contributed by atoms with Gasteiger partial charge in [-0.05, 0) is 38.0 Å². The van der Waals surface area contributed by atoms with Gasteiger partial charge in [-0.2, -0.15) is 0 Å². The van der Waals surface area contributed by atoms with E-state index in [1.54, 1.807) is 0 Å². The van der Waals surface area contributed by atoms with E-state index in [1.807, 2.05) is 93.6 Å². The first kappa shape index (κ1) is 16.8. The van der Waals surface area contributed by atoms with Crippen LogP contribution in [-0.2, 0) is 9.47 Å². The zero-order chi connectivity index (χ0) is 16.7. The molecule has 2 aromatic rings. The highest BCUT2D eigenvalue weighted by atomic mass is 16.7. The Morgan fingerprint density at radius 3 is 2.09 bits per heavy atom. The fraction of sp³-hybridized carbons (Fsp3) is 0.250. The first-order valence-corrected chi connectivity index (χ1v) is 7.62. The number of ether oxygens (including phenoxy) is 2. The average molecular weight is 310 g/mol. The lowest BCUT2D eigenvalue weighted by Crippen LogP contribution is -2.25. The van der Waals surface area contributed by atoms with E-state index in [-0.39, 0.29) is 0 Å². The van der Waals surface area contributed by atoms with Crippen molar-refractivity contribution in [3.8, 4) is 0 Å². The van der Waals surface area contributed by atoms with Crippen molar-refractivity contribution in [1.82, 2.24) is 0 Å². The van der Waals surface area contributed by atoms with Gasteiger partial charge in [-0.15, -0.1) is 0 Å². The molecule has 0 unspecified atom stereocenters. The van der Waals surface area contributed by atoms with Gasteiger partial charge in [0.15, 0.2) is 0 Å². The molecule has 0 aliphatic rings. The maximum Gasteiger partial charge on any atom is 0.509 e. The van der Waals surface area contributed by atoms with E-state index < -0.39 is 17.9 Å². The Morgan fingerprint density at radius 1 is 0.957 bits per heavy atom. The van der Waals surface area contributed by atoms with Gasteiger partial charge in [0.25, 0.3) is 0 Å². The van der Waals surface area contributed by atoms with Gasteiger partial charge >= 0.3 is 6.16 Å². The second-order valence-corrected chi connectivity index (χ2v) is 6.18. The smallest absolute Gasteiger partial charge is 0.429 e.